The van der Waals surface area contributed by atoms with Crippen molar-refractivity contribution >= 4 is 29.5 Å². The van der Waals surface area contributed by atoms with Gasteiger partial charge < -0.3 is 5.32 Å². The molecule has 1 N–H and O–H groups in total. The van der Waals surface area contributed by atoms with Crippen LogP contribution >= 0.6 is 11.6 Å². The lowest BCUT2D eigenvalue weighted by molar-refractivity contribution is 0.759. The van der Waals surface area contributed by atoms with Gasteiger partial charge in [-0.3, -0.25) is 0 Å². The molecule has 0 spiro atoms. The van der Waals surface area contributed by atoms with Gasteiger partial charge in [0.15, 0.2) is 5.62 Å². The average molecular weight is 375 g/mol. The number of aryl methyl sites for hydroxylation is 1. The van der Waals surface area contributed by atoms with E-state index in [1.165, 1.54) is 22.3 Å². The third-order valence-corrected chi connectivity index (χ3v) is 5.38. The number of benzene rings is 2. The number of nitrogens with zero attached hydrogens (tertiary/aromatic N) is 1. The van der Waals surface area contributed by atoms with Gasteiger partial charge in [0, 0.05) is 5.22 Å². The number of halogens is 1. The Labute approximate surface area is 165 Å². The molecule has 2 aliphatic rings. The Morgan fingerprint density at radius 1 is 1.26 bits per heavy atom. The fourth-order valence-corrected chi connectivity index (χ4v) is 3.96. The molecule has 1 atom stereocenters. The number of nitrogens with one attached hydrogen (secondary N) is 1. The van der Waals surface area contributed by atoms with Gasteiger partial charge in [0.05, 0.1) is 11.1 Å². The van der Waals surface area contributed by atoms with Crippen LogP contribution in [0.1, 0.15) is 40.7 Å². The molecule has 0 saturated carbocycles. The van der Waals surface area contributed by atoms with Crippen LogP contribution in [0.15, 0.2) is 60.1 Å². The molecule has 3 heteroatoms. The Hall–Kier alpha value is -2.58. The number of fused-ring (bicyclic) bond motifs is 3. The molecule has 0 saturated heterocycles. The van der Waals surface area contributed by atoms with Gasteiger partial charge in [-0.05, 0) is 60.1 Å². The Kier molecular flexibility index (Phi) is 5.00. The van der Waals surface area contributed by atoms with Gasteiger partial charge in [0.1, 0.15) is 0 Å². The zero-order valence-corrected chi connectivity index (χ0v) is 16.3. The van der Waals surface area contributed by atoms with Gasteiger partial charge in [-0.1, -0.05) is 72.8 Å². The molecule has 0 aromatic heterocycles. The second-order valence-corrected chi connectivity index (χ2v) is 7.39. The topological polar surface area (TPSA) is 24.4 Å². The molecule has 0 unspecified atom stereocenters. The normalized spacial score (nSPS) is 18.3. The van der Waals surface area contributed by atoms with E-state index >= 15 is 0 Å². The maximum absolute atomic E-state index is 6.48. The lowest BCUT2D eigenvalue weighted by atomic mass is 9.97. The highest BCUT2D eigenvalue weighted by molar-refractivity contribution is 6.20. The van der Waals surface area contributed by atoms with Crippen molar-refractivity contribution in [3.8, 4) is 0 Å². The highest BCUT2D eigenvalue weighted by Gasteiger charge is 2.17. The van der Waals surface area contributed by atoms with Crippen molar-refractivity contribution in [1.29, 1.82) is 0 Å². The van der Waals surface area contributed by atoms with E-state index in [-0.39, 0.29) is 0 Å². The first-order valence-corrected chi connectivity index (χ1v) is 9.82. The van der Waals surface area contributed by atoms with Crippen molar-refractivity contribution in [3.05, 3.63) is 93.5 Å². The molecular weight excluding hydrogens is 352 g/mol. The number of rotatable bonds is 3. The second kappa shape index (κ2) is 7.58. The molecule has 0 fully saturated rings. The number of hydrogen-bond acceptors (Lipinski definition) is 2. The smallest absolute Gasteiger partial charge is 0.196 e. The standard InChI is InChI=1S/C24H23ClN2/c1-3-4-8-18-15-19(12-11-16(18)2)22-21-14-13-17-9-6-5-7-10-20(17)23(21)27-24(25)26-22/h3-4,6,8-9,11-15,24,26H,1,5,7,10H2,2H3/b8-4-/t24-/m1/s1. The second-order valence-electron chi connectivity index (χ2n) is 6.97. The molecule has 1 heterocycles. The predicted octanol–water partition coefficient (Wildman–Crippen LogP) is 4.45. The Morgan fingerprint density at radius 3 is 3.00 bits per heavy atom. The van der Waals surface area contributed by atoms with Crippen LogP contribution in [0.2, 0.25) is 0 Å². The molecule has 4 rings (SSSR count). The fraction of sp³-hybridized carbons (Fsp3) is 0.208. The van der Waals surface area contributed by atoms with E-state index < -0.39 is 5.62 Å². The lowest BCUT2D eigenvalue weighted by Gasteiger charge is -2.20. The predicted molar refractivity (Wildman–Crippen MR) is 115 cm³/mol. The summed E-state index contributed by atoms with van der Waals surface area (Å²) in [5.74, 6) is 0. The minimum atomic E-state index is -0.459. The quantitative estimate of drug-likeness (QED) is 0.479. The summed E-state index contributed by atoms with van der Waals surface area (Å²) in [6.07, 6.45) is 13.6. The van der Waals surface area contributed by atoms with E-state index in [1.54, 1.807) is 6.08 Å². The summed E-state index contributed by atoms with van der Waals surface area (Å²) >= 11 is 6.48. The van der Waals surface area contributed by atoms with Crippen LogP contribution in [0.25, 0.3) is 17.8 Å². The summed E-state index contributed by atoms with van der Waals surface area (Å²) in [6.45, 7) is 5.88. The number of hydrogen-bond donors (Lipinski definition) is 1. The van der Waals surface area contributed by atoms with Crippen LogP contribution in [0, 0.1) is 6.92 Å². The van der Waals surface area contributed by atoms with Crippen molar-refractivity contribution < 1.29 is 0 Å². The molecule has 1 aliphatic carbocycles. The van der Waals surface area contributed by atoms with Crippen molar-refractivity contribution in [3.63, 3.8) is 0 Å². The minimum Gasteiger partial charge on any atom is -0.350 e. The van der Waals surface area contributed by atoms with E-state index in [2.05, 4.69) is 67.4 Å². The van der Waals surface area contributed by atoms with Crippen molar-refractivity contribution in [2.75, 3.05) is 0 Å². The fourth-order valence-electron chi connectivity index (χ4n) is 3.76. The van der Waals surface area contributed by atoms with E-state index in [0.717, 1.165) is 41.1 Å². The first-order chi connectivity index (χ1) is 13.2. The van der Waals surface area contributed by atoms with Gasteiger partial charge >= 0.3 is 0 Å². The Morgan fingerprint density at radius 2 is 2.15 bits per heavy atom. The number of alkyl halides is 1. The van der Waals surface area contributed by atoms with Gasteiger partial charge in [-0.2, -0.15) is 0 Å². The minimum absolute atomic E-state index is 0.459. The monoisotopic (exact) mass is 374 g/mol. The van der Waals surface area contributed by atoms with Crippen LogP contribution < -0.4 is 15.9 Å². The SMILES string of the molecule is C=C/C=C\c1cc(C2=c3ccc4c(c3=N[C@H](Cl)N2)CCCC=C4)ccc1C. The van der Waals surface area contributed by atoms with Crippen LogP contribution in [-0.4, -0.2) is 5.62 Å². The molecular formula is C24H23ClN2. The number of allylic oxidation sites excluding steroid dienone is 3. The third kappa shape index (κ3) is 3.50. The molecule has 0 amide bonds. The van der Waals surface area contributed by atoms with Crippen molar-refractivity contribution in [2.24, 2.45) is 4.99 Å². The summed E-state index contributed by atoms with van der Waals surface area (Å²) in [6, 6.07) is 10.9. The first-order valence-electron chi connectivity index (χ1n) is 9.38. The third-order valence-electron chi connectivity index (χ3n) is 5.17. The maximum atomic E-state index is 6.48. The molecule has 2 aromatic carbocycles. The van der Waals surface area contributed by atoms with Crippen LogP contribution in [0.3, 0.4) is 0 Å². The zero-order chi connectivity index (χ0) is 18.8. The molecule has 2 nitrogen and oxygen atoms in total. The molecule has 0 bridgehead atoms. The van der Waals surface area contributed by atoms with Gasteiger partial charge in [0.25, 0.3) is 0 Å². The summed E-state index contributed by atoms with van der Waals surface area (Å²) in [7, 11) is 0. The summed E-state index contributed by atoms with van der Waals surface area (Å²) in [4.78, 5) is 4.74. The van der Waals surface area contributed by atoms with Gasteiger partial charge in [0.2, 0.25) is 0 Å². The van der Waals surface area contributed by atoms with Crippen molar-refractivity contribution in [1.82, 2.24) is 5.32 Å². The zero-order valence-electron chi connectivity index (χ0n) is 15.5. The maximum Gasteiger partial charge on any atom is 0.196 e. The molecule has 0 radical (unpaired) electrons. The van der Waals surface area contributed by atoms with E-state index in [1.807, 2.05) is 6.08 Å². The average Bonchev–Trinajstić information content (AvgIpc) is 2.92. The highest BCUT2D eigenvalue weighted by Crippen LogP contribution is 2.20. The summed E-state index contributed by atoms with van der Waals surface area (Å²) < 4.78 is 0. The van der Waals surface area contributed by atoms with Crippen LogP contribution in [-0.2, 0) is 6.42 Å². The van der Waals surface area contributed by atoms with Crippen LogP contribution in [0.5, 0.6) is 0 Å². The Bertz CT molecular complexity index is 1080. The molecule has 1 aliphatic heterocycles. The highest BCUT2D eigenvalue weighted by atomic mass is 35.5. The summed E-state index contributed by atoms with van der Waals surface area (Å²) in [5.41, 5.74) is 6.69. The van der Waals surface area contributed by atoms with E-state index in [9.17, 15) is 0 Å². The van der Waals surface area contributed by atoms with E-state index in [4.69, 9.17) is 16.6 Å². The Balaban J connectivity index is 1.96. The largest absolute Gasteiger partial charge is 0.350 e. The van der Waals surface area contributed by atoms with Crippen molar-refractivity contribution in [2.45, 2.75) is 31.8 Å². The molecule has 136 valence electrons. The molecule has 2 aromatic rings. The summed E-state index contributed by atoms with van der Waals surface area (Å²) in [5, 5.41) is 5.53. The first kappa shape index (κ1) is 17.8. The van der Waals surface area contributed by atoms with E-state index in [0.29, 0.717) is 0 Å². The van der Waals surface area contributed by atoms with Gasteiger partial charge in [-0.25, -0.2) is 4.99 Å². The lowest BCUT2D eigenvalue weighted by Crippen LogP contribution is -2.43. The van der Waals surface area contributed by atoms with Crippen LogP contribution in [0.4, 0.5) is 0 Å². The van der Waals surface area contributed by atoms with Gasteiger partial charge in [-0.15, -0.1) is 0 Å². The molecule has 27 heavy (non-hydrogen) atoms.